The Bertz CT molecular complexity index is 764. The summed E-state index contributed by atoms with van der Waals surface area (Å²) in [5, 5.41) is 10.0. The molecule has 2 aromatic carbocycles. The Hall–Kier alpha value is -3.00. The maximum absolute atomic E-state index is 12.8. The average molecular weight is 374 g/mol. The van der Waals surface area contributed by atoms with Crippen molar-refractivity contribution in [3.8, 4) is 5.75 Å². The number of thiocarbonyl (C=S) groups is 1. The lowest BCUT2D eigenvalue weighted by molar-refractivity contribution is -0.118. The summed E-state index contributed by atoms with van der Waals surface area (Å²) in [6, 6.07) is 12.6. The minimum atomic E-state index is -0.360. The molecule has 0 heterocycles. The van der Waals surface area contributed by atoms with E-state index in [0.29, 0.717) is 16.5 Å². The number of halogens is 1. The monoisotopic (exact) mass is 374 g/mol. The van der Waals surface area contributed by atoms with E-state index in [1.54, 1.807) is 30.5 Å². The summed E-state index contributed by atoms with van der Waals surface area (Å²) in [5.74, 6) is -0.141. The third kappa shape index (κ3) is 6.86. The zero-order valence-electron chi connectivity index (χ0n) is 14.2. The van der Waals surface area contributed by atoms with E-state index in [-0.39, 0.29) is 18.3 Å². The summed E-state index contributed by atoms with van der Waals surface area (Å²) in [6.45, 7) is 2.52. The second kappa shape index (κ2) is 10.1. The first-order chi connectivity index (χ1) is 12.6. The molecular formula is C18H19FN4O2S. The van der Waals surface area contributed by atoms with Crippen LogP contribution in [0.4, 0.5) is 10.1 Å². The molecule has 0 saturated carbocycles. The van der Waals surface area contributed by atoms with Gasteiger partial charge in [-0.3, -0.25) is 10.2 Å². The van der Waals surface area contributed by atoms with E-state index >= 15 is 0 Å². The highest BCUT2D eigenvalue weighted by Gasteiger charge is 2.04. The molecule has 0 spiro atoms. The van der Waals surface area contributed by atoms with Crippen molar-refractivity contribution < 1.29 is 13.9 Å². The number of nitrogens with one attached hydrogen (secondary N) is 3. The van der Waals surface area contributed by atoms with Crippen LogP contribution in [0.2, 0.25) is 0 Å². The molecular weight excluding hydrogens is 355 g/mol. The first-order valence-electron chi connectivity index (χ1n) is 7.92. The Morgan fingerprint density at radius 2 is 1.88 bits per heavy atom. The summed E-state index contributed by atoms with van der Waals surface area (Å²) < 4.78 is 18.2. The molecule has 2 rings (SSSR count). The highest BCUT2D eigenvalue weighted by Crippen LogP contribution is 2.12. The Kier molecular flexibility index (Phi) is 7.50. The van der Waals surface area contributed by atoms with Gasteiger partial charge in [0, 0.05) is 12.2 Å². The molecule has 0 aromatic heterocycles. The molecule has 0 atom stereocenters. The number of hydrogen-bond acceptors (Lipinski definition) is 4. The van der Waals surface area contributed by atoms with Crippen molar-refractivity contribution in [3.05, 3.63) is 59.9 Å². The van der Waals surface area contributed by atoms with Crippen molar-refractivity contribution in [2.75, 3.05) is 18.5 Å². The van der Waals surface area contributed by atoms with Gasteiger partial charge >= 0.3 is 0 Å². The fourth-order valence-electron chi connectivity index (χ4n) is 1.89. The predicted octanol–water partition coefficient (Wildman–Crippen LogP) is 2.66. The van der Waals surface area contributed by atoms with Crippen LogP contribution in [0.15, 0.2) is 53.6 Å². The number of nitrogens with zero attached hydrogens (tertiary/aromatic N) is 1. The van der Waals surface area contributed by atoms with Gasteiger partial charge in [0.05, 0.1) is 6.21 Å². The van der Waals surface area contributed by atoms with Crippen LogP contribution in [-0.2, 0) is 4.79 Å². The zero-order chi connectivity index (χ0) is 18.8. The normalized spacial score (nSPS) is 10.4. The van der Waals surface area contributed by atoms with Gasteiger partial charge in [0.15, 0.2) is 11.7 Å². The van der Waals surface area contributed by atoms with E-state index in [0.717, 1.165) is 12.1 Å². The number of ether oxygens (including phenoxy) is 1. The standard InChI is InChI=1S/C18H19FN4O2S/c1-2-20-18(26)23-21-11-13-3-9-16(10-4-13)25-12-17(24)22-15-7-5-14(19)6-8-15/h3-11H,2,12H2,1H3,(H,22,24)(H2,20,23,26)/b21-11-. The molecule has 0 aliphatic rings. The van der Waals surface area contributed by atoms with Crippen molar-refractivity contribution in [3.63, 3.8) is 0 Å². The van der Waals surface area contributed by atoms with E-state index in [4.69, 9.17) is 17.0 Å². The Morgan fingerprint density at radius 1 is 1.19 bits per heavy atom. The zero-order valence-corrected chi connectivity index (χ0v) is 15.0. The number of carbonyl (C=O) groups excluding carboxylic acids is 1. The minimum Gasteiger partial charge on any atom is -0.484 e. The summed E-state index contributed by atoms with van der Waals surface area (Å²) in [7, 11) is 0. The maximum Gasteiger partial charge on any atom is 0.262 e. The molecule has 0 radical (unpaired) electrons. The second-order valence-electron chi connectivity index (χ2n) is 5.14. The van der Waals surface area contributed by atoms with Gasteiger partial charge in [0.25, 0.3) is 5.91 Å². The Labute approximate surface area is 156 Å². The number of amides is 1. The van der Waals surface area contributed by atoms with Crippen LogP contribution < -0.4 is 20.8 Å². The molecule has 0 saturated heterocycles. The predicted molar refractivity (Wildman–Crippen MR) is 104 cm³/mol. The third-order valence-electron chi connectivity index (χ3n) is 3.10. The fourth-order valence-corrected chi connectivity index (χ4v) is 2.09. The van der Waals surface area contributed by atoms with Gasteiger partial charge in [-0.2, -0.15) is 5.10 Å². The molecule has 0 unspecified atom stereocenters. The second-order valence-corrected chi connectivity index (χ2v) is 5.55. The van der Waals surface area contributed by atoms with Crippen LogP contribution in [0.25, 0.3) is 0 Å². The molecule has 26 heavy (non-hydrogen) atoms. The Balaban J connectivity index is 1.77. The van der Waals surface area contributed by atoms with Crippen molar-refractivity contribution in [1.29, 1.82) is 0 Å². The molecule has 3 N–H and O–H groups in total. The summed E-state index contributed by atoms with van der Waals surface area (Å²) in [4.78, 5) is 11.8. The molecule has 8 heteroatoms. The molecule has 0 aliphatic carbocycles. The molecule has 1 amide bonds. The van der Waals surface area contributed by atoms with E-state index in [1.165, 1.54) is 24.3 Å². The van der Waals surface area contributed by atoms with Crippen LogP contribution in [0.1, 0.15) is 12.5 Å². The topological polar surface area (TPSA) is 74.8 Å². The number of benzene rings is 2. The lowest BCUT2D eigenvalue weighted by atomic mass is 10.2. The van der Waals surface area contributed by atoms with Gasteiger partial charge in [-0.1, -0.05) is 0 Å². The minimum absolute atomic E-state index is 0.149. The van der Waals surface area contributed by atoms with Gasteiger partial charge in [0.1, 0.15) is 11.6 Å². The van der Waals surface area contributed by atoms with Crippen LogP contribution in [0.3, 0.4) is 0 Å². The smallest absolute Gasteiger partial charge is 0.262 e. The van der Waals surface area contributed by atoms with Crippen LogP contribution in [0.5, 0.6) is 5.75 Å². The lowest BCUT2D eigenvalue weighted by Gasteiger charge is -2.08. The maximum atomic E-state index is 12.8. The average Bonchev–Trinajstić information content (AvgIpc) is 2.63. The highest BCUT2D eigenvalue weighted by atomic mass is 32.1. The number of hydrogen-bond donors (Lipinski definition) is 3. The van der Waals surface area contributed by atoms with E-state index < -0.39 is 0 Å². The third-order valence-corrected chi connectivity index (χ3v) is 3.33. The molecule has 0 aliphatic heterocycles. The number of carbonyl (C=O) groups is 1. The first kappa shape index (κ1) is 19.3. The van der Waals surface area contributed by atoms with Gasteiger partial charge in [-0.15, -0.1) is 0 Å². The summed E-state index contributed by atoms with van der Waals surface area (Å²) in [5.41, 5.74) is 4.05. The summed E-state index contributed by atoms with van der Waals surface area (Å²) >= 11 is 4.99. The first-order valence-corrected chi connectivity index (χ1v) is 8.33. The molecule has 6 nitrogen and oxygen atoms in total. The van der Waals surface area contributed by atoms with Crippen LogP contribution >= 0.6 is 12.2 Å². The van der Waals surface area contributed by atoms with Crippen molar-refractivity contribution in [2.24, 2.45) is 5.10 Å². The largest absolute Gasteiger partial charge is 0.484 e. The van der Waals surface area contributed by atoms with Gasteiger partial charge in [0.2, 0.25) is 0 Å². The molecule has 0 fully saturated rings. The fraction of sp³-hybridized carbons (Fsp3) is 0.167. The quantitative estimate of drug-likeness (QED) is 0.395. The number of rotatable bonds is 7. The summed E-state index contributed by atoms with van der Waals surface area (Å²) in [6.07, 6.45) is 1.62. The molecule has 2 aromatic rings. The number of anilines is 1. The van der Waals surface area contributed by atoms with Gasteiger partial charge in [-0.25, -0.2) is 4.39 Å². The Morgan fingerprint density at radius 3 is 2.54 bits per heavy atom. The van der Waals surface area contributed by atoms with Gasteiger partial charge in [-0.05, 0) is 73.2 Å². The van der Waals surface area contributed by atoms with Crippen LogP contribution in [-0.4, -0.2) is 30.4 Å². The van der Waals surface area contributed by atoms with Crippen molar-refractivity contribution in [2.45, 2.75) is 6.92 Å². The van der Waals surface area contributed by atoms with Crippen LogP contribution in [0, 0.1) is 5.82 Å². The van der Waals surface area contributed by atoms with Gasteiger partial charge < -0.3 is 15.4 Å². The van der Waals surface area contributed by atoms with E-state index in [2.05, 4.69) is 21.2 Å². The highest BCUT2D eigenvalue weighted by molar-refractivity contribution is 7.80. The van der Waals surface area contributed by atoms with Crippen molar-refractivity contribution >= 4 is 35.1 Å². The molecule has 136 valence electrons. The van der Waals surface area contributed by atoms with E-state index in [9.17, 15) is 9.18 Å². The lowest BCUT2D eigenvalue weighted by Crippen LogP contribution is -2.31. The molecule has 0 bridgehead atoms. The van der Waals surface area contributed by atoms with E-state index in [1.807, 2.05) is 6.92 Å². The van der Waals surface area contributed by atoms with Crippen molar-refractivity contribution in [1.82, 2.24) is 10.7 Å². The number of hydrazone groups is 1. The SMILES string of the molecule is CCNC(=S)N/N=C\c1ccc(OCC(=O)Nc2ccc(F)cc2)cc1.